The molecule has 1 amide bonds. The first kappa shape index (κ1) is 20.7. The van der Waals surface area contributed by atoms with Crippen LogP contribution in [0.2, 0.25) is 5.02 Å². The molecular formula is C20H25Cl2N3O. The Bertz CT molecular complexity index is 711. The van der Waals surface area contributed by atoms with Gasteiger partial charge in [0.05, 0.1) is 12.6 Å². The van der Waals surface area contributed by atoms with E-state index >= 15 is 0 Å². The molecule has 2 aromatic carbocycles. The van der Waals surface area contributed by atoms with Gasteiger partial charge in [0.2, 0.25) is 5.91 Å². The van der Waals surface area contributed by atoms with Crippen LogP contribution in [0.5, 0.6) is 0 Å². The minimum Gasteiger partial charge on any atom is -0.348 e. The summed E-state index contributed by atoms with van der Waals surface area (Å²) in [4.78, 5) is 14.8. The number of piperazine rings is 1. The zero-order valence-electron chi connectivity index (χ0n) is 14.8. The summed E-state index contributed by atoms with van der Waals surface area (Å²) < 4.78 is 0. The molecular weight excluding hydrogens is 369 g/mol. The van der Waals surface area contributed by atoms with Gasteiger partial charge >= 0.3 is 0 Å². The Morgan fingerprint density at radius 2 is 2.04 bits per heavy atom. The number of amides is 1. The van der Waals surface area contributed by atoms with Crippen LogP contribution in [0.4, 0.5) is 0 Å². The van der Waals surface area contributed by atoms with Crippen molar-refractivity contribution in [1.29, 1.82) is 0 Å². The van der Waals surface area contributed by atoms with Gasteiger partial charge in [0, 0.05) is 30.7 Å². The van der Waals surface area contributed by atoms with E-state index in [0.717, 1.165) is 35.8 Å². The third-order valence-corrected chi connectivity index (χ3v) is 4.85. The maximum absolute atomic E-state index is 12.5. The number of halogens is 2. The van der Waals surface area contributed by atoms with Gasteiger partial charge in [0.25, 0.3) is 0 Å². The van der Waals surface area contributed by atoms with E-state index in [4.69, 9.17) is 11.6 Å². The van der Waals surface area contributed by atoms with Crippen LogP contribution in [0.15, 0.2) is 54.6 Å². The molecule has 0 radical (unpaired) electrons. The normalized spacial score (nSPS) is 18.6. The second-order valence-corrected chi connectivity index (χ2v) is 6.88. The molecule has 6 heteroatoms. The van der Waals surface area contributed by atoms with Gasteiger partial charge in [-0.25, -0.2) is 0 Å². The molecule has 0 saturated carbocycles. The largest absolute Gasteiger partial charge is 0.348 e. The molecule has 1 heterocycles. The summed E-state index contributed by atoms with van der Waals surface area (Å²) in [7, 11) is 0. The molecule has 1 aliphatic heterocycles. The van der Waals surface area contributed by atoms with E-state index in [1.165, 1.54) is 0 Å². The van der Waals surface area contributed by atoms with Crippen molar-refractivity contribution in [1.82, 2.24) is 15.5 Å². The van der Waals surface area contributed by atoms with Crippen molar-refractivity contribution in [3.63, 3.8) is 0 Å². The van der Waals surface area contributed by atoms with Gasteiger partial charge in [-0.05, 0) is 30.2 Å². The average Bonchev–Trinajstić information content (AvgIpc) is 2.63. The van der Waals surface area contributed by atoms with Gasteiger partial charge < -0.3 is 10.6 Å². The predicted octanol–water partition coefficient (Wildman–Crippen LogP) is 3.59. The van der Waals surface area contributed by atoms with Crippen LogP contribution < -0.4 is 10.6 Å². The van der Waals surface area contributed by atoms with Gasteiger partial charge in [-0.1, -0.05) is 54.1 Å². The zero-order chi connectivity index (χ0) is 17.6. The van der Waals surface area contributed by atoms with Crippen LogP contribution >= 0.6 is 24.0 Å². The fourth-order valence-corrected chi connectivity index (χ4v) is 3.47. The molecule has 1 fully saturated rings. The second kappa shape index (κ2) is 9.93. The summed E-state index contributed by atoms with van der Waals surface area (Å²) in [6.07, 6.45) is 0. The Labute approximate surface area is 166 Å². The average molecular weight is 394 g/mol. The molecule has 140 valence electrons. The minimum atomic E-state index is 0. The molecule has 1 aliphatic rings. The first-order valence-corrected chi connectivity index (χ1v) is 9.06. The van der Waals surface area contributed by atoms with Crippen molar-refractivity contribution in [2.75, 3.05) is 26.2 Å². The molecule has 0 aliphatic carbocycles. The summed E-state index contributed by atoms with van der Waals surface area (Å²) in [6.45, 7) is 4.94. The topological polar surface area (TPSA) is 44.4 Å². The quantitative estimate of drug-likeness (QED) is 0.815. The Morgan fingerprint density at radius 1 is 1.27 bits per heavy atom. The SMILES string of the molecule is CC(NC(=O)CN1CCNCC1c1cccc(Cl)c1)c1ccccc1.Cl. The lowest BCUT2D eigenvalue weighted by Crippen LogP contribution is -2.49. The highest BCUT2D eigenvalue weighted by atomic mass is 35.5. The van der Waals surface area contributed by atoms with Gasteiger partial charge in [-0.2, -0.15) is 0 Å². The molecule has 3 rings (SSSR count). The number of benzene rings is 2. The minimum absolute atomic E-state index is 0. The van der Waals surface area contributed by atoms with Crippen molar-refractivity contribution in [2.24, 2.45) is 0 Å². The lowest BCUT2D eigenvalue weighted by Gasteiger charge is -2.36. The monoisotopic (exact) mass is 393 g/mol. The second-order valence-electron chi connectivity index (χ2n) is 6.45. The summed E-state index contributed by atoms with van der Waals surface area (Å²) in [5.74, 6) is 0.0466. The standard InChI is InChI=1S/C20H24ClN3O.ClH/c1-15(16-6-3-2-4-7-16)23-20(25)14-24-11-10-22-13-19(24)17-8-5-9-18(21)12-17;/h2-9,12,15,19,22H,10-11,13-14H2,1H3,(H,23,25);1H. The summed E-state index contributed by atoms with van der Waals surface area (Å²) in [5.41, 5.74) is 2.26. The van der Waals surface area contributed by atoms with E-state index in [9.17, 15) is 4.79 Å². The number of hydrogen-bond donors (Lipinski definition) is 2. The van der Waals surface area contributed by atoms with E-state index < -0.39 is 0 Å². The molecule has 2 N–H and O–H groups in total. The number of carbonyl (C=O) groups is 1. The smallest absolute Gasteiger partial charge is 0.234 e. The molecule has 1 saturated heterocycles. The number of nitrogens with one attached hydrogen (secondary N) is 2. The molecule has 2 unspecified atom stereocenters. The van der Waals surface area contributed by atoms with Crippen LogP contribution in [0.1, 0.15) is 30.1 Å². The van der Waals surface area contributed by atoms with E-state index in [1.54, 1.807) is 0 Å². The van der Waals surface area contributed by atoms with Crippen LogP contribution in [0, 0.1) is 0 Å². The number of hydrogen-bond acceptors (Lipinski definition) is 3. The highest BCUT2D eigenvalue weighted by molar-refractivity contribution is 6.30. The van der Waals surface area contributed by atoms with Crippen molar-refractivity contribution >= 4 is 29.9 Å². The van der Waals surface area contributed by atoms with Crippen LogP contribution in [-0.2, 0) is 4.79 Å². The third-order valence-electron chi connectivity index (χ3n) is 4.61. The summed E-state index contributed by atoms with van der Waals surface area (Å²) in [5, 5.41) is 7.23. The van der Waals surface area contributed by atoms with Crippen LogP contribution in [0.25, 0.3) is 0 Å². The fourth-order valence-electron chi connectivity index (χ4n) is 3.27. The molecule has 0 aromatic heterocycles. The lowest BCUT2D eigenvalue weighted by atomic mass is 10.0. The van der Waals surface area contributed by atoms with Crippen molar-refractivity contribution in [3.8, 4) is 0 Å². The van der Waals surface area contributed by atoms with Gasteiger partial charge in [0.15, 0.2) is 0 Å². The molecule has 4 nitrogen and oxygen atoms in total. The maximum atomic E-state index is 12.5. The Balaban J connectivity index is 0.00000243. The summed E-state index contributed by atoms with van der Waals surface area (Å²) in [6, 6.07) is 18.1. The van der Waals surface area contributed by atoms with E-state index in [0.29, 0.717) is 6.54 Å². The lowest BCUT2D eigenvalue weighted by molar-refractivity contribution is -0.123. The molecule has 2 aromatic rings. The van der Waals surface area contributed by atoms with Crippen LogP contribution in [-0.4, -0.2) is 37.0 Å². The Hall–Kier alpha value is -1.59. The fraction of sp³-hybridized carbons (Fsp3) is 0.350. The van der Waals surface area contributed by atoms with Crippen LogP contribution in [0.3, 0.4) is 0 Å². The molecule has 2 atom stereocenters. The maximum Gasteiger partial charge on any atom is 0.234 e. The third kappa shape index (κ3) is 5.45. The van der Waals surface area contributed by atoms with E-state index in [-0.39, 0.29) is 30.4 Å². The molecule has 0 bridgehead atoms. The number of carbonyl (C=O) groups excluding carboxylic acids is 1. The molecule has 26 heavy (non-hydrogen) atoms. The number of nitrogens with zero attached hydrogens (tertiary/aromatic N) is 1. The predicted molar refractivity (Wildman–Crippen MR) is 109 cm³/mol. The van der Waals surface area contributed by atoms with Gasteiger partial charge in [-0.15, -0.1) is 12.4 Å². The van der Waals surface area contributed by atoms with Crippen molar-refractivity contribution in [2.45, 2.75) is 19.0 Å². The Morgan fingerprint density at radius 3 is 2.77 bits per heavy atom. The zero-order valence-corrected chi connectivity index (χ0v) is 16.4. The van der Waals surface area contributed by atoms with E-state index in [1.807, 2.05) is 55.5 Å². The van der Waals surface area contributed by atoms with Gasteiger partial charge in [0.1, 0.15) is 0 Å². The highest BCUT2D eigenvalue weighted by Gasteiger charge is 2.26. The molecule has 0 spiro atoms. The van der Waals surface area contributed by atoms with Crippen molar-refractivity contribution in [3.05, 3.63) is 70.7 Å². The Kier molecular flexibility index (Phi) is 7.91. The first-order chi connectivity index (χ1) is 12.1. The highest BCUT2D eigenvalue weighted by Crippen LogP contribution is 2.24. The van der Waals surface area contributed by atoms with E-state index in [2.05, 4.69) is 21.6 Å². The first-order valence-electron chi connectivity index (χ1n) is 8.68. The number of rotatable bonds is 5. The summed E-state index contributed by atoms with van der Waals surface area (Å²) >= 11 is 6.14. The van der Waals surface area contributed by atoms with Crippen molar-refractivity contribution < 1.29 is 4.79 Å². The van der Waals surface area contributed by atoms with Gasteiger partial charge in [-0.3, -0.25) is 9.69 Å².